The van der Waals surface area contributed by atoms with Gasteiger partial charge in [-0.2, -0.15) is 5.06 Å². The Balaban J connectivity index is 2.75. The molecule has 0 aliphatic rings. The summed E-state index contributed by atoms with van der Waals surface area (Å²) in [6, 6.07) is 9.17. The fourth-order valence-electron chi connectivity index (χ4n) is 1.64. The molecule has 0 bridgehead atoms. The zero-order chi connectivity index (χ0) is 14.3. The van der Waals surface area contributed by atoms with E-state index in [2.05, 4.69) is 16.6 Å². The summed E-state index contributed by atoms with van der Waals surface area (Å²) in [6.45, 7) is 4.23. The average Bonchev–Trinajstić information content (AvgIpc) is 2.39. The predicted octanol–water partition coefficient (Wildman–Crippen LogP) is 2.08. The van der Waals surface area contributed by atoms with Gasteiger partial charge in [0.2, 0.25) is 0 Å². The molecule has 0 heterocycles. The highest BCUT2D eigenvalue weighted by Crippen LogP contribution is 2.12. The van der Waals surface area contributed by atoms with Crippen LogP contribution in [0, 0.1) is 17.8 Å². The molecule has 1 rings (SSSR count). The van der Waals surface area contributed by atoms with E-state index in [1.54, 1.807) is 0 Å². The van der Waals surface area contributed by atoms with Crippen LogP contribution in [0.4, 0.5) is 0 Å². The SMILES string of the molecule is COC(=O)C#CC(C(C)C)N(O)Cc1ccccc1. The number of benzene rings is 1. The van der Waals surface area contributed by atoms with Crippen LogP contribution in [0.1, 0.15) is 19.4 Å². The summed E-state index contributed by atoms with van der Waals surface area (Å²) in [7, 11) is 1.28. The molecular formula is C15H19NO3. The van der Waals surface area contributed by atoms with Gasteiger partial charge in [0.1, 0.15) is 0 Å². The number of hydrogen-bond donors (Lipinski definition) is 1. The largest absolute Gasteiger partial charge is 0.459 e. The van der Waals surface area contributed by atoms with Crippen molar-refractivity contribution in [1.82, 2.24) is 5.06 Å². The van der Waals surface area contributed by atoms with Crippen molar-refractivity contribution in [3.8, 4) is 11.8 Å². The number of hydroxylamine groups is 2. The number of carbonyl (C=O) groups is 1. The van der Waals surface area contributed by atoms with E-state index >= 15 is 0 Å². The van der Waals surface area contributed by atoms with Gasteiger partial charge in [-0.3, -0.25) is 0 Å². The van der Waals surface area contributed by atoms with Crippen molar-refractivity contribution in [2.75, 3.05) is 7.11 Å². The second-order valence-corrected chi connectivity index (χ2v) is 4.53. The Morgan fingerprint density at radius 2 is 2.00 bits per heavy atom. The highest BCUT2D eigenvalue weighted by atomic mass is 16.5. The molecule has 1 N–H and O–H groups in total. The van der Waals surface area contributed by atoms with Crippen molar-refractivity contribution in [3.63, 3.8) is 0 Å². The first-order chi connectivity index (χ1) is 9.04. The van der Waals surface area contributed by atoms with Gasteiger partial charge in [0, 0.05) is 5.92 Å². The second kappa shape index (κ2) is 7.57. The Labute approximate surface area is 113 Å². The van der Waals surface area contributed by atoms with E-state index in [0.29, 0.717) is 6.54 Å². The third-order valence-electron chi connectivity index (χ3n) is 2.65. The Morgan fingerprint density at radius 1 is 1.37 bits per heavy atom. The van der Waals surface area contributed by atoms with E-state index in [9.17, 15) is 10.0 Å². The minimum Gasteiger partial charge on any atom is -0.459 e. The maximum atomic E-state index is 11.0. The lowest BCUT2D eigenvalue weighted by molar-refractivity contribution is -0.134. The van der Waals surface area contributed by atoms with Crippen molar-refractivity contribution in [2.24, 2.45) is 5.92 Å². The van der Waals surface area contributed by atoms with Crippen LogP contribution in [0.15, 0.2) is 30.3 Å². The lowest BCUT2D eigenvalue weighted by Gasteiger charge is -2.24. The topological polar surface area (TPSA) is 49.8 Å². The first-order valence-corrected chi connectivity index (χ1v) is 6.13. The van der Waals surface area contributed by atoms with Gasteiger partial charge >= 0.3 is 5.97 Å². The number of rotatable bonds is 4. The summed E-state index contributed by atoms with van der Waals surface area (Å²) in [6.07, 6.45) is 0. The molecule has 1 aromatic rings. The highest BCUT2D eigenvalue weighted by Gasteiger charge is 2.18. The molecule has 0 aliphatic carbocycles. The molecule has 1 atom stereocenters. The zero-order valence-corrected chi connectivity index (χ0v) is 11.5. The predicted molar refractivity (Wildman–Crippen MR) is 72.2 cm³/mol. The molecule has 0 saturated heterocycles. The molecule has 0 amide bonds. The number of carbonyl (C=O) groups excluding carboxylic acids is 1. The summed E-state index contributed by atoms with van der Waals surface area (Å²) < 4.78 is 4.47. The molecule has 1 unspecified atom stereocenters. The van der Waals surface area contributed by atoms with Crippen LogP contribution in [0.2, 0.25) is 0 Å². The third-order valence-corrected chi connectivity index (χ3v) is 2.65. The quantitative estimate of drug-likeness (QED) is 0.390. The molecule has 0 radical (unpaired) electrons. The van der Waals surface area contributed by atoms with E-state index in [-0.39, 0.29) is 5.92 Å². The number of hydrogen-bond acceptors (Lipinski definition) is 4. The average molecular weight is 261 g/mol. The van der Waals surface area contributed by atoms with Crippen LogP contribution in [0.25, 0.3) is 0 Å². The monoisotopic (exact) mass is 261 g/mol. The normalized spacial score (nSPS) is 11.9. The lowest BCUT2D eigenvalue weighted by atomic mass is 10.0. The maximum absolute atomic E-state index is 11.0. The van der Waals surface area contributed by atoms with E-state index in [0.717, 1.165) is 10.6 Å². The molecule has 0 saturated carbocycles. The molecule has 102 valence electrons. The van der Waals surface area contributed by atoms with Crippen LogP contribution in [-0.2, 0) is 16.1 Å². The van der Waals surface area contributed by atoms with E-state index in [4.69, 9.17) is 0 Å². The Kier molecular flexibility index (Phi) is 6.07. The number of esters is 1. The van der Waals surface area contributed by atoms with Gasteiger partial charge in [-0.1, -0.05) is 50.1 Å². The van der Waals surface area contributed by atoms with E-state index < -0.39 is 12.0 Å². The molecule has 19 heavy (non-hydrogen) atoms. The van der Waals surface area contributed by atoms with Crippen LogP contribution in [0.3, 0.4) is 0 Å². The maximum Gasteiger partial charge on any atom is 0.384 e. The van der Waals surface area contributed by atoms with Crippen LogP contribution in [0.5, 0.6) is 0 Å². The number of nitrogens with zero attached hydrogens (tertiary/aromatic N) is 1. The summed E-state index contributed by atoms with van der Waals surface area (Å²) in [4.78, 5) is 11.0. The summed E-state index contributed by atoms with van der Waals surface area (Å²) in [5.41, 5.74) is 0.982. The Morgan fingerprint density at radius 3 is 2.53 bits per heavy atom. The van der Waals surface area contributed by atoms with Crippen molar-refractivity contribution >= 4 is 5.97 Å². The molecule has 4 heteroatoms. The number of methoxy groups -OCH3 is 1. The standard InChI is InChI=1S/C15H19NO3/c1-12(2)14(9-10-15(17)19-3)16(18)11-13-7-5-4-6-8-13/h4-8,12,14,18H,11H2,1-3H3. The lowest BCUT2D eigenvalue weighted by Crippen LogP contribution is -2.35. The molecule has 0 aromatic heterocycles. The van der Waals surface area contributed by atoms with Gasteiger partial charge in [-0.15, -0.1) is 0 Å². The Bertz CT molecular complexity index is 459. The summed E-state index contributed by atoms with van der Waals surface area (Å²) in [5, 5.41) is 11.2. The zero-order valence-electron chi connectivity index (χ0n) is 11.5. The van der Waals surface area contributed by atoms with Crippen LogP contribution >= 0.6 is 0 Å². The van der Waals surface area contributed by atoms with Gasteiger partial charge in [0.25, 0.3) is 0 Å². The van der Waals surface area contributed by atoms with Gasteiger partial charge in [-0.05, 0) is 11.5 Å². The molecule has 0 fully saturated rings. The summed E-state index contributed by atoms with van der Waals surface area (Å²) >= 11 is 0. The van der Waals surface area contributed by atoms with Gasteiger partial charge in [0.05, 0.1) is 19.7 Å². The second-order valence-electron chi connectivity index (χ2n) is 4.53. The first kappa shape index (κ1) is 15.2. The molecular weight excluding hydrogens is 242 g/mol. The van der Waals surface area contributed by atoms with Crippen molar-refractivity contribution in [2.45, 2.75) is 26.4 Å². The van der Waals surface area contributed by atoms with E-state index in [1.165, 1.54) is 7.11 Å². The van der Waals surface area contributed by atoms with Crippen LogP contribution in [-0.4, -0.2) is 29.4 Å². The van der Waals surface area contributed by atoms with Gasteiger partial charge in [-0.25, -0.2) is 4.79 Å². The van der Waals surface area contributed by atoms with Crippen LogP contribution < -0.4 is 0 Å². The van der Waals surface area contributed by atoms with Crippen molar-refractivity contribution in [3.05, 3.63) is 35.9 Å². The third kappa shape index (κ3) is 5.12. The van der Waals surface area contributed by atoms with Crippen molar-refractivity contribution in [1.29, 1.82) is 0 Å². The molecule has 0 spiro atoms. The molecule has 1 aromatic carbocycles. The summed E-state index contributed by atoms with van der Waals surface area (Å²) in [5.74, 6) is 4.60. The fraction of sp³-hybridized carbons (Fsp3) is 0.400. The van der Waals surface area contributed by atoms with E-state index in [1.807, 2.05) is 44.2 Å². The van der Waals surface area contributed by atoms with Crippen molar-refractivity contribution < 1.29 is 14.7 Å². The molecule has 4 nitrogen and oxygen atoms in total. The number of ether oxygens (including phenoxy) is 1. The smallest absolute Gasteiger partial charge is 0.384 e. The van der Waals surface area contributed by atoms with Gasteiger partial charge < -0.3 is 9.94 Å². The van der Waals surface area contributed by atoms with Gasteiger partial charge in [0.15, 0.2) is 0 Å². The minimum atomic E-state index is -0.598. The first-order valence-electron chi connectivity index (χ1n) is 6.13. The minimum absolute atomic E-state index is 0.0888. The highest BCUT2D eigenvalue weighted by molar-refractivity contribution is 5.88. The Hall–Kier alpha value is -1.83. The molecule has 0 aliphatic heterocycles. The fourth-order valence-corrected chi connectivity index (χ4v) is 1.64.